The molecule has 0 aliphatic heterocycles. The first-order valence-electron chi connectivity index (χ1n) is 0.651. The van der Waals surface area contributed by atoms with E-state index in [4.69, 9.17) is 15.0 Å². The van der Waals surface area contributed by atoms with Crippen LogP contribution < -0.4 is 0 Å². The molecule has 0 aliphatic carbocycles. The average Bonchev–Trinajstić information content (AvgIpc) is 0.811. The largest absolute Gasteiger partial charge is 2.00 e. The predicted molar refractivity (Wildman–Crippen MR) is 40.3 cm³/mol. The quantitative estimate of drug-likeness (QED) is 0.362. The van der Waals surface area contributed by atoms with E-state index in [0.29, 0.717) is 0 Å². The number of hydrogen-bond acceptors (Lipinski definition) is 1. The molecule has 0 rings (SSSR count). The second-order valence-corrected chi connectivity index (χ2v) is 0.283. The number of carboxylic acid groups (broad SMARTS) is 2. The van der Waals surface area contributed by atoms with Crippen LogP contribution in [0.2, 0.25) is 0 Å². The van der Waals surface area contributed by atoms with E-state index in [-0.39, 0.29) is 58.8 Å². The van der Waals surface area contributed by atoms with Crippen molar-refractivity contribution in [2.75, 3.05) is 0 Å². The van der Waals surface area contributed by atoms with Crippen molar-refractivity contribution in [3.63, 3.8) is 0 Å². The van der Waals surface area contributed by atoms with Gasteiger partial charge in [0.15, 0.2) is 0 Å². The Hall–Kier alpha value is -0.204. The standard InChI is InChI=1S/CH2O3.Mg.6H2O.2H/c2-1(3)4;;;;;;;;;/h(H2,2,3,4);;6*1H2;;/q;+2;;;;;;;2*-1. The van der Waals surface area contributed by atoms with Crippen molar-refractivity contribution >= 4 is 29.2 Å². The zero-order chi connectivity index (χ0) is 3.58. The maximum Gasteiger partial charge on any atom is 2.00 e. The second kappa shape index (κ2) is 96.9. The Balaban J connectivity index is -0.00000000125. The Morgan fingerprint density at radius 1 is 0.818 bits per heavy atom. The molecule has 0 radical (unpaired) electrons. The van der Waals surface area contributed by atoms with Crippen molar-refractivity contribution in [3.8, 4) is 0 Å². The van der Waals surface area contributed by atoms with Gasteiger partial charge in [-0.15, -0.1) is 0 Å². The second-order valence-electron chi connectivity index (χ2n) is 0.283. The van der Waals surface area contributed by atoms with E-state index < -0.39 is 6.16 Å². The molecule has 0 saturated heterocycles. The van der Waals surface area contributed by atoms with E-state index in [2.05, 4.69) is 0 Å². The number of carbonyl (C=O) groups is 1. The van der Waals surface area contributed by atoms with Gasteiger partial charge in [-0.1, -0.05) is 0 Å². The van der Waals surface area contributed by atoms with Gasteiger partial charge in [0.1, 0.15) is 0 Å². The first kappa shape index (κ1) is 133. The Bertz CT molecular complexity index is 40.6. The summed E-state index contributed by atoms with van der Waals surface area (Å²) in [7, 11) is 0. The third kappa shape index (κ3) is 14300. The van der Waals surface area contributed by atoms with Crippen LogP contribution in [0.1, 0.15) is 2.85 Å². The van der Waals surface area contributed by atoms with E-state index >= 15 is 0 Å². The van der Waals surface area contributed by atoms with Gasteiger partial charge in [0.05, 0.1) is 0 Å². The SMILES string of the molecule is O.O.O.O.O.O.O=C(O)O.[H-].[H-].[Mg+2]. The summed E-state index contributed by atoms with van der Waals surface area (Å²) in [6.45, 7) is 0. The molecule has 0 saturated carbocycles. The van der Waals surface area contributed by atoms with Gasteiger partial charge in [-0.2, -0.15) is 0 Å². The average molecular weight is 196 g/mol. The molecule has 0 spiro atoms. The van der Waals surface area contributed by atoms with Gasteiger partial charge in [0.25, 0.3) is 0 Å². The Kier molecular flexibility index (Phi) is 1170. The van der Waals surface area contributed by atoms with Crippen molar-refractivity contribution < 1.29 is 50.7 Å². The molecule has 0 aromatic rings. The third-order valence-corrected chi connectivity index (χ3v) is 0. The molecule has 0 aliphatic rings. The minimum Gasteiger partial charge on any atom is -1.00 e. The smallest absolute Gasteiger partial charge is 1.00 e. The molecule has 10 heteroatoms. The van der Waals surface area contributed by atoms with Gasteiger partial charge >= 0.3 is 29.2 Å². The van der Waals surface area contributed by atoms with Crippen molar-refractivity contribution in [3.05, 3.63) is 0 Å². The minimum absolute atomic E-state index is 0. The van der Waals surface area contributed by atoms with Crippen LogP contribution in [0.25, 0.3) is 0 Å². The molecular weight excluding hydrogens is 180 g/mol. The molecule has 0 aromatic heterocycles. The maximum atomic E-state index is 8.56. The topological polar surface area (TPSA) is 247 Å². The summed E-state index contributed by atoms with van der Waals surface area (Å²) < 4.78 is 0. The van der Waals surface area contributed by atoms with E-state index in [1.165, 1.54) is 0 Å². The fourth-order valence-corrected chi connectivity index (χ4v) is 0. The number of rotatable bonds is 0. The van der Waals surface area contributed by atoms with Gasteiger partial charge in [0, 0.05) is 0 Å². The van der Waals surface area contributed by atoms with Crippen LogP contribution >= 0.6 is 0 Å². The van der Waals surface area contributed by atoms with Gasteiger partial charge < -0.3 is 45.9 Å². The van der Waals surface area contributed by atoms with Crippen LogP contribution in [0, 0.1) is 0 Å². The molecule has 0 fully saturated rings. The molecule has 9 nitrogen and oxygen atoms in total. The van der Waals surface area contributed by atoms with E-state index in [1.54, 1.807) is 0 Å². The summed E-state index contributed by atoms with van der Waals surface area (Å²) >= 11 is 0. The fourth-order valence-electron chi connectivity index (χ4n) is 0. The summed E-state index contributed by atoms with van der Waals surface area (Å²) in [5.41, 5.74) is 0. The van der Waals surface area contributed by atoms with Crippen molar-refractivity contribution in [2.45, 2.75) is 0 Å². The van der Waals surface area contributed by atoms with E-state index in [1.807, 2.05) is 0 Å². The van der Waals surface area contributed by atoms with Crippen LogP contribution in [0.3, 0.4) is 0 Å². The summed E-state index contributed by atoms with van der Waals surface area (Å²) in [6.07, 6.45) is -1.83. The van der Waals surface area contributed by atoms with Crippen LogP contribution in [-0.4, -0.2) is 72.3 Å². The van der Waals surface area contributed by atoms with Gasteiger partial charge in [0.2, 0.25) is 0 Å². The normalized spacial score (nSPS) is 2.18. The zero-order valence-electron chi connectivity index (χ0n) is 7.51. The zero-order valence-corrected chi connectivity index (χ0v) is 6.92. The van der Waals surface area contributed by atoms with Crippen LogP contribution in [0.15, 0.2) is 0 Å². The molecular formula is CH16MgO9. The van der Waals surface area contributed by atoms with E-state index in [9.17, 15) is 0 Å². The summed E-state index contributed by atoms with van der Waals surface area (Å²) in [5.74, 6) is 0. The summed E-state index contributed by atoms with van der Waals surface area (Å²) in [5, 5.41) is 13.9. The van der Waals surface area contributed by atoms with Crippen LogP contribution in [0.4, 0.5) is 4.79 Å². The van der Waals surface area contributed by atoms with Crippen molar-refractivity contribution in [1.29, 1.82) is 0 Å². The molecule has 0 heterocycles. The van der Waals surface area contributed by atoms with Gasteiger partial charge in [-0.25, -0.2) is 4.79 Å². The Morgan fingerprint density at radius 3 is 0.818 bits per heavy atom. The van der Waals surface area contributed by atoms with Gasteiger partial charge in [-0.3, -0.25) is 0 Å². The Labute approximate surface area is 80.6 Å². The molecule has 0 aromatic carbocycles. The predicted octanol–water partition coefficient (Wildman–Crippen LogP) is -4.88. The fraction of sp³-hybridized carbons (Fsp3) is 0. The Morgan fingerprint density at radius 2 is 0.818 bits per heavy atom. The molecule has 0 atom stereocenters. The maximum absolute atomic E-state index is 8.56. The van der Waals surface area contributed by atoms with Crippen LogP contribution in [0.5, 0.6) is 0 Å². The van der Waals surface area contributed by atoms with Crippen LogP contribution in [-0.2, 0) is 0 Å². The molecule has 76 valence electrons. The number of hydrogen-bond donors (Lipinski definition) is 2. The molecule has 0 amide bonds. The summed E-state index contributed by atoms with van der Waals surface area (Å²) in [6, 6.07) is 0. The molecule has 0 bridgehead atoms. The summed E-state index contributed by atoms with van der Waals surface area (Å²) in [4.78, 5) is 8.56. The monoisotopic (exact) mass is 196 g/mol. The molecule has 0 unspecified atom stereocenters. The van der Waals surface area contributed by atoms with Gasteiger partial charge in [-0.05, 0) is 0 Å². The molecule has 11 heavy (non-hydrogen) atoms. The third-order valence-electron chi connectivity index (χ3n) is 0. The minimum atomic E-state index is -1.83. The van der Waals surface area contributed by atoms with Crippen molar-refractivity contribution in [1.82, 2.24) is 0 Å². The first-order chi connectivity index (χ1) is 1.73. The van der Waals surface area contributed by atoms with E-state index in [0.717, 1.165) is 0 Å². The first-order valence-corrected chi connectivity index (χ1v) is 0.651. The molecule has 14 N–H and O–H groups in total. The van der Waals surface area contributed by atoms with Crippen molar-refractivity contribution in [2.24, 2.45) is 0 Å².